The van der Waals surface area contributed by atoms with Crippen LogP contribution in [-0.4, -0.2) is 52.5 Å². The van der Waals surface area contributed by atoms with Gasteiger partial charge in [-0.05, 0) is 68.0 Å². The lowest BCUT2D eigenvalue weighted by atomic mass is 9.75. The van der Waals surface area contributed by atoms with Gasteiger partial charge in [-0.3, -0.25) is 9.69 Å². The van der Waals surface area contributed by atoms with E-state index in [0.29, 0.717) is 17.4 Å². The number of hydrogen-bond acceptors (Lipinski definition) is 3. The molecule has 0 aromatic heterocycles. The van der Waals surface area contributed by atoms with Crippen LogP contribution in [0.25, 0.3) is 0 Å². The SMILES string of the molecule is CC(C)CN1C(=O)C2(CCN(Cc3cccc(C(=O)O)c3)CC2)CC1Cc1ccccc1. The average Bonchev–Trinajstić information content (AvgIpc) is 3.01. The van der Waals surface area contributed by atoms with E-state index < -0.39 is 5.97 Å². The largest absolute Gasteiger partial charge is 0.478 e. The maximum atomic E-state index is 13.6. The Morgan fingerprint density at radius 1 is 1.06 bits per heavy atom. The van der Waals surface area contributed by atoms with E-state index in [0.717, 1.165) is 57.4 Å². The summed E-state index contributed by atoms with van der Waals surface area (Å²) >= 11 is 0. The van der Waals surface area contributed by atoms with E-state index in [1.165, 1.54) is 5.56 Å². The minimum atomic E-state index is -0.893. The van der Waals surface area contributed by atoms with Crippen LogP contribution in [0.1, 0.15) is 54.6 Å². The Hall–Kier alpha value is -2.66. The van der Waals surface area contributed by atoms with Crippen molar-refractivity contribution >= 4 is 11.9 Å². The molecule has 0 aliphatic carbocycles. The zero-order chi connectivity index (χ0) is 22.7. The van der Waals surface area contributed by atoms with Gasteiger partial charge in [-0.15, -0.1) is 0 Å². The van der Waals surface area contributed by atoms with Gasteiger partial charge in [0.25, 0.3) is 0 Å². The molecule has 170 valence electrons. The van der Waals surface area contributed by atoms with Crippen LogP contribution in [0.4, 0.5) is 0 Å². The van der Waals surface area contributed by atoms with Crippen molar-refractivity contribution in [1.82, 2.24) is 9.80 Å². The van der Waals surface area contributed by atoms with Crippen LogP contribution >= 0.6 is 0 Å². The van der Waals surface area contributed by atoms with Crippen LogP contribution in [0, 0.1) is 11.3 Å². The van der Waals surface area contributed by atoms with E-state index in [1.807, 2.05) is 18.2 Å². The number of carboxylic acids is 1. The predicted molar refractivity (Wildman–Crippen MR) is 125 cm³/mol. The lowest BCUT2D eigenvalue weighted by molar-refractivity contribution is -0.139. The van der Waals surface area contributed by atoms with E-state index >= 15 is 0 Å². The van der Waals surface area contributed by atoms with Gasteiger partial charge in [0, 0.05) is 19.1 Å². The van der Waals surface area contributed by atoms with Crippen LogP contribution in [-0.2, 0) is 17.8 Å². The van der Waals surface area contributed by atoms with Crippen molar-refractivity contribution in [2.75, 3.05) is 19.6 Å². The van der Waals surface area contributed by atoms with Crippen molar-refractivity contribution in [1.29, 1.82) is 0 Å². The molecule has 2 aliphatic heterocycles. The Labute approximate surface area is 191 Å². The molecule has 5 heteroatoms. The molecule has 2 saturated heterocycles. The second-order valence-electron chi connectivity index (χ2n) is 9.96. The van der Waals surface area contributed by atoms with Crippen molar-refractivity contribution < 1.29 is 14.7 Å². The number of amides is 1. The van der Waals surface area contributed by atoms with Crippen LogP contribution in [0.5, 0.6) is 0 Å². The topological polar surface area (TPSA) is 60.9 Å². The second kappa shape index (κ2) is 9.45. The number of rotatable bonds is 7. The van der Waals surface area contributed by atoms with E-state index in [-0.39, 0.29) is 11.5 Å². The number of aromatic carboxylic acids is 1. The Kier molecular flexibility index (Phi) is 6.66. The van der Waals surface area contributed by atoms with Gasteiger partial charge in [-0.25, -0.2) is 4.79 Å². The summed E-state index contributed by atoms with van der Waals surface area (Å²) in [6.07, 6.45) is 3.62. The molecule has 5 nitrogen and oxygen atoms in total. The third-order valence-electron chi connectivity index (χ3n) is 7.05. The van der Waals surface area contributed by atoms with E-state index in [4.69, 9.17) is 0 Å². The number of nitrogens with zero attached hydrogens (tertiary/aromatic N) is 2. The maximum Gasteiger partial charge on any atom is 0.335 e. The Bertz CT molecular complexity index is 948. The highest BCUT2D eigenvalue weighted by Gasteiger charge is 2.52. The highest BCUT2D eigenvalue weighted by molar-refractivity contribution is 5.87. The summed E-state index contributed by atoms with van der Waals surface area (Å²) in [5, 5.41) is 9.25. The summed E-state index contributed by atoms with van der Waals surface area (Å²) in [6.45, 7) is 7.67. The average molecular weight is 435 g/mol. The number of piperidine rings is 1. The fourth-order valence-electron chi connectivity index (χ4n) is 5.43. The first-order valence-electron chi connectivity index (χ1n) is 11.8. The fourth-order valence-corrected chi connectivity index (χ4v) is 5.43. The van der Waals surface area contributed by atoms with E-state index in [2.05, 4.69) is 47.9 Å². The zero-order valence-corrected chi connectivity index (χ0v) is 19.2. The number of benzene rings is 2. The number of carbonyl (C=O) groups excluding carboxylic acids is 1. The van der Waals surface area contributed by atoms with Gasteiger partial charge >= 0.3 is 5.97 Å². The monoisotopic (exact) mass is 434 g/mol. The zero-order valence-electron chi connectivity index (χ0n) is 19.2. The lowest BCUT2D eigenvalue weighted by Crippen LogP contribution is -2.45. The minimum Gasteiger partial charge on any atom is -0.478 e. The van der Waals surface area contributed by atoms with Gasteiger partial charge in [0.2, 0.25) is 5.91 Å². The van der Waals surface area contributed by atoms with Crippen LogP contribution in [0.3, 0.4) is 0 Å². The number of likely N-dealkylation sites (tertiary alicyclic amines) is 2. The standard InChI is InChI=1S/C27H34N2O3/c1-20(2)18-29-24(16-21-7-4-3-5-8-21)17-27(26(29)32)11-13-28(14-12-27)19-22-9-6-10-23(15-22)25(30)31/h3-10,15,20,24H,11-14,16-19H2,1-2H3,(H,30,31). The molecule has 2 fully saturated rings. The molecule has 32 heavy (non-hydrogen) atoms. The lowest BCUT2D eigenvalue weighted by Gasteiger charge is -2.38. The molecule has 1 atom stereocenters. The summed E-state index contributed by atoms with van der Waals surface area (Å²) in [6, 6.07) is 18.0. The van der Waals surface area contributed by atoms with Crippen molar-refractivity contribution in [3.8, 4) is 0 Å². The molecule has 2 aromatic carbocycles. The van der Waals surface area contributed by atoms with Gasteiger partial charge in [0.1, 0.15) is 0 Å². The summed E-state index contributed by atoms with van der Waals surface area (Å²) in [5.41, 5.74) is 2.40. The smallest absolute Gasteiger partial charge is 0.335 e. The van der Waals surface area contributed by atoms with Gasteiger partial charge in [0.05, 0.1) is 11.0 Å². The summed E-state index contributed by atoms with van der Waals surface area (Å²) in [7, 11) is 0. The Balaban J connectivity index is 1.44. The molecular weight excluding hydrogens is 400 g/mol. The molecule has 2 heterocycles. The van der Waals surface area contributed by atoms with Crippen LogP contribution < -0.4 is 0 Å². The highest BCUT2D eigenvalue weighted by atomic mass is 16.4. The molecule has 1 amide bonds. The van der Waals surface area contributed by atoms with Crippen LogP contribution in [0.2, 0.25) is 0 Å². The summed E-state index contributed by atoms with van der Waals surface area (Å²) in [4.78, 5) is 29.4. The molecule has 1 spiro atoms. The van der Waals surface area contributed by atoms with Crippen molar-refractivity contribution in [2.24, 2.45) is 11.3 Å². The molecular formula is C27H34N2O3. The second-order valence-corrected chi connectivity index (χ2v) is 9.96. The number of hydrogen-bond donors (Lipinski definition) is 1. The quantitative estimate of drug-likeness (QED) is 0.699. The Morgan fingerprint density at radius 3 is 2.41 bits per heavy atom. The highest BCUT2D eigenvalue weighted by Crippen LogP contribution is 2.45. The van der Waals surface area contributed by atoms with Crippen molar-refractivity contribution in [3.63, 3.8) is 0 Å². The first-order chi connectivity index (χ1) is 15.4. The molecule has 0 radical (unpaired) electrons. The number of carbonyl (C=O) groups is 2. The first-order valence-corrected chi connectivity index (χ1v) is 11.8. The number of carboxylic acid groups (broad SMARTS) is 1. The molecule has 4 rings (SSSR count). The molecule has 1 unspecified atom stereocenters. The van der Waals surface area contributed by atoms with Crippen LogP contribution in [0.15, 0.2) is 54.6 Å². The fraction of sp³-hybridized carbons (Fsp3) is 0.481. The third-order valence-corrected chi connectivity index (χ3v) is 7.05. The Morgan fingerprint density at radius 2 is 1.75 bits per heavy atom. The van der Waals surface area contributed by atoms with Gasteiger partial charge in [0.15, 0.2) is 0 Å². The van der Waals surface area contributed by atoms with Gasteiger partial charge < -0.3 is 10.0 Å². The summed E-state index contributed by atoms with van der Waals surface area (Å²) in [5.74, 6) is -0.0932. The predicted octanol–water partition coefficient (Wildman–Crippen LogP) is 4.47. The van der Waals surface area contributed by atoms with E-state index in [9.17, 15) is 14.7 Å². The first kappa shape index (κ1) is 22.5. The minimum absolute atomic E-state index is 0.242. The molecule has 2 aromatic rings. The van der Waals surface area contributed by atoms with Crippen molar-refractivity contribution in [3.05, 3.63) is 71.3 Å². The van der Waals surface area contributed by atoms with Crippen molar-refractivity contribution in [2.45, 2.75) is 52.1 Å². The molecule has 2 aliphatic rings. The molecule has 0 bridgehead atoms. The van der Waals surface area contributed by atoms with Gasteiger partial charge in [-0.1, -0.05) is 56.3 Å². The normalized spacial score (nSPS) is 20.9. The maximum absolute atomic E-state index is 13.6. The summed E-state index contributed by atoms with van der Waals surface area (Å²) < 4.78 is 0. The van der Waals surface area contributed by atoms with Gasteiger partial charge in [-0.2, -0.15) is 0 Å². The molecule has 1 N–H and O–H groups in total. The molecule has 0 saturated carbocycles. The third kappa shape index (κ3) is 4.88. The van der Waals surface area contributed by atoms with E-state index in [1.54, 1.807) is 12.1 Å².